The number of piperidine rings is 1. The summed E-state index contributed by atoms with van der Waals surface area (Å²) in [5.74, 6) is 0.0122. The molecule has 5 heteroatoms. The Morgan fingerprint density at radius 2 is 1.71 bits per heavy atom. The number of hydrogen-bond acceptors (Lipinski definition) is 3. The minimum Gasteiger partial charge on any atom is -0.347 e. The van der Waals surface area contributed by atoms with Crippen molar-refractivity contribution in [2.45, 2.75) is 64.3 Å². The second kappa shape index (κ2) is 10.6. The summed E-state index contributed by atoms with van der Waals surface area (Å²) in [5, 5.41) is 2.82. The normalized spacial score (nSPS) is 21.2. The molecular formula is C23H35N3O2. The molecule has 2 fully saturated rings. The van der Waals surface area contributed by atoms with Crippen molar-refractivity contribution < 1.29 is 9.59 Å². The van der Waals surface area contributed by atoms with Crippen LogP contribution >= 0.6 is 0 Å². The number of aryl methyl sites for hydroxylation is 2. The Labute approximate surface area is 169 Å². The highest BCUT2D eigenvalue weighted by Crippen LogP contribution is 2.20. The fourth-order valence-electron chi connectivity index (χ4n) is 4.33. The van der Waals surface area contributed by atoms with Crippen molar-refractivity contribution in [2.24, 2.45) is 0 Å². The fourth-order valence-corrected chi connectivity index (χ4v) is 4.33. The number of amides is 2. The third kappa shape index (κ3) is 6.33. The molecule has 0 radical (unpaired) electrons. The SMILES string of the molecule is Cc1ccc(CCC(=O)NCC(=O)N2CCCC(N3CCCCCC3)C2)cc1. The van der Waals surface area contributed by atoms with Crippen LogP contribution in [0.3, 0.4) is 0 Å². The molecule has 3 rings (SSSR count). The molecule has 1 aromatic carbocycles. The van der Waals surface area contributed by atoms with Crippen molar-refractivity contribution in [1.29, 1.82) is 0 Å². The molecule has 2 amide bonds. The van der Waals surface area contributed by atoms with E-state index in [1.54, 1.807) is 0 Å². The number of rotatable bonds is 6. The lowest BCUT2D eigenvalue weighted by atomic mass is 10.0. The van der Waals surface area contributed by atoms with Gasteiger partial charge in [0.15, 0.2) is 0 Å². The van der Waals surface area contributed by atoms with Crippen LogP contribution in [0, 0.1) is 6.92 Å². The highest BCUT2D eigenvalue weighted by molar-refractivity contribution is 5.84. The summed E-state index contributed by atoms with van der Waals surface area (Å²) >= 11 is 0. The van der Waals surface area contributed by atoms with Gasteiger partial charge in [-0.25, -0.2) is 0 Å². The van der Waals surface area contributed by atoms with Gasteiger partial charge < -0.3 is 10.2 Å². The molecule has 0 saturated carbocycles. The standard InChI is InChI=1S/C23H35N3O2/c1-19-8-10-20(11-9-19)12-13-22(27)24-17-23(28)26-16-6-7-21(18-26)25-14-4-2-3-5-15-25/h8-11,21H,2-7,12-18H2,1H3,(H,24,27). The largest absolute Gasteiger partial charge is 0.347 e. The Morgan fingerprint density at radius 1 is 1.00 bits per heavy atom. The minimum atomic E-state index is -0.0463. The predicted octanol–water partition coefficient (Wildman–Crippen LogP) is 2.91. The van der Waals surface area contributed by atoms with E-state index in [1.807, 2.05) is 4.90 Å². The summed E-state index contributed by atoms with van der Waals surface area (Å²) in [4.78, 5) is 29.3. The summed E-state index contributed by atoms with van der Waals surface area (Å²) in [6, 6.07) is 8.74. The van der Waals surface area contributed by atoms with Gasteiger partial charge in [0.1, 0.15) is 0 Å². The number of benzene rings is 1. The maximum atomic E-state index is 12.6. The van der Waals surface area contributed by atoms with Gasteiger partial charge in [0, 0.05) is 25.6 Å². The number of nitrogens with zero attached hydrogens (tertiary/aromatic N) is 2. The van der Waals surface area contributed by atoms with Gasteiger partial charge in [-0.05, 0) is 57.7 Å². The quantitative estimate of drug-likeness (QED) is 0.819. The van der Waals surface area contributed by atoms with Crippen LogP contribution in [0.4, 0.5) is 0 Å². The van der Waals surface area contributed by atoms with Gasteiger partial charge in [-0.15, -0.1) is 0 Å². The molecule has 0 bridgehead atoms. The molecule has 5 nitrogen and oxygen atoms in total. The van der Waals surface area contributed by atoms with Gasteiger partial charge in [-0.2, -0.15) is 0 Å². The van der Waals surface area contributed by atoms with Crippen molar-refractivity contribution >= 4 is 11.8 Å². The van der Waals surface area contributed by atoms with E-state index in [0.29, 0.717) is 18.9 Å². The first-order valence-electron chi connectivity index (χ1n) is 11.0. The van der Waals surface area contributed by atoms with Crippen LogP contribution in [0.15, 0.2) is 24.3 Å². The molecule has 28 heavy (non-hydrogen) atoms. The van der Waals surface area contributed by atoms with Crippen LogP contribution in [0.2, 0.25) is 0 Å². The van der Waals surface area contributed by atoms with Gasteiger partial charge in [0.25, 0.3) is 0 Å². The van der Waals surface area contributed by atoms with Gasteiger partial charge in [0.05, 0.1) is 6.54 Å². The summed E-state index contributed by atoms with van der Waals surface area (Å²) in [6.07, 6.45) is 8.61. The monoisotopic (exact) mass is 385 g/mol. The number of carbonyl (C=O) groups excluding carboxylic acids is 2. The van der Waals surface area contributed by atoms with E-state index in [-0.39, 0.29) is 18.4 Å². The first-order valence-corrected chi connectivity index (χ1v) is 11.0. The molecule has 2 aliphatic rings. The van der Waals surface area contributed by atoms with Crippen molar-refractivity contribution in [3.8, 4) is 0 Å². The van der Waals surface area contributed by atoms with Crippen LogP contribution in [0.1, 0.15) is 56.1 Å². The lowest BCUT2D eigenvalue weighted by Gasteiger charge is -2.39. The second-order valence-electron chi connectivity index (χ2n) is 8.35. The Kier molecular flexibility index (Phi) is 7.90. The zero-order valence-electron chi connectivity index (χ0n) is 17.3. The molecule has 0 aliphatic carbocycles. The van der Waals surface area contributed by atoms with Crippen molar-refractivity contribution in [3.63, 3.8) is 0 Å². The topological polar surface area (TPSA) is 52.7 Å². The van der Waals surface area contributed by atoms with Crippen molar-refractivity contribution in [2.75, 3.05) is 32.7 Å². The molecular weight excluding hydrogens is 350 g/mol. The van der Waals surface area contributed by atoms with E-state index in [2.05, 4.69) is 41.4 Å². The van der Waals surface area contributed by atoms with E-state index < -0.39 is 0 Å². The Bertz CT molecular complexity index is 636. The van der Waals surface area contributed by atoms with Crippen LogP contribution in [0.5, 0.6) is 0 Å². The summed E-state index contributed by atoms with van der Waals surface area (Å²) in [7, 11) is 0. The average molecular weight is 386 g/mol. The molecule has 0 aromatic heterocycles. The molecule has 154 valence electrons. The van der Waals surface area contributed by atoms with E-state index >= 15 is 0 Å². The Balaban J connectivity index is 1.39. The number of carbonyl (C=O) groups is 2. The maximum Gasteiger partial charge on any atom is 0.242 e. The van der Waals surface area contributed by atoms with Crippen molar-refractivity contribution in [3.05, 3.63) is 35.4 Å². The number of likely N-dealkylation sites (tertiary alicyclic amines) is 2. The van der Waals surface area contributed by atoms with Gasteiger partial charge in [-0.3, -0.25) is 14.5 Å². The molecule has 1 atom stereocenters. The lowest BCUT2D eigenvalue weighted by molar-refractivity contribution is -0.134. The molecule has 0 spiro atoms. The summed E-state index contributed by atoms with van der Waals surface area (Å²) < 4.78 is 0. The smallest absolute Gasteiger partial charge is 0.242 e. The van der Waals surface area contributed by atoms with E-state index in [0.717, 1.165) is 25.1 Å². The summed E-state index contributed by atoms with van der Waals surface area (Å²) in [5.41, 5.74) is 2.38. The van der Waals surface area contributed by atoms with Gasteiger partial charge in [0.2, 0.25) is 11.8 Å². The van der Waals surface area contributed by atoms with Gasteiger partial charge in [-0.1, -0.05) is 42.7 Å². The fraction of sp³-hybridized carbons (Fsp3) is 0.652. The average Bonchev–Trinajstić information content (AvgIpc) is 3.01. The predicted molar refractivity (Wildman–Crippen MR) is 112 cm³/mol. The highest BCUT2D eigenvalue weighted by atomic mass is 16.2. The number of hydrogen-bond donors (Lipinski definition) is 1. The highest BCUT2D eigenvalue weighted by Gasteiger charge is 2.28. The maximum absolute atomic E-state index is 12.6. The lowest BCUT2D eigenvalue weighted by Crippen LogP contribution is -2.52. The zero-order valence-corrected chi connectivity index (χ0v) is 17.3. The molecule has 2 heterocycles. The number of nitrogens with one attached hydrogen (secondary N) is 1. The van der Waals surface area contributed by atoms with Crippen LogP contribution in [0.25, 0.3) is 0 Å². The molecule has 2 saturated heterocycles. The molecule has 1 aromatic rings. The Morgan fingerprint density at radius 3 is 2.43 bits per heavy atom. The summed E-state index contributed by atoms with van der Waals surface area (Å²) in [6.45, 7) is 6.16. The Hall–Kier alpha value is -1.88. The first-order chi connectivity index (χ1) is 13.6. The first kappa shape index (κ1) is 20.8. The third-order valence-corrected chi connectivity index (χ3v) is 6.10. The second-order valence-corrected chi connectivity index (χ2v) is 8.35. The van der Waals surface area contributed by atoms with Crippen LogP contribution in [-0.4, -0.2) is 60.4 Å². The molecule has 2 aliphatic heterocycles. The van der Waals surface area contributed by atoms with Crippen LogP contribution < -0.4 is 5.32 Å². The van der Waals surface area contributed by atoms with Crippen molar-refractivity contribution in [1.82, 2.24) is 15.1 Å². The molecule has 1 N–H and O–H groups in total. The van der Waals surface area contributed by atoms with E-state index in [4.69, 9.17) is 0 Å². The van der Waals surface area contributed by atoms with Gasteiger partial charge >= 0.3 is 0 Å². The van der Waals surface area contributed by atoms with Crippen LogP contribution in [-0.2, 0) is 16.0 Å². The third-order valence-electron chi connectivity index (χ3n) is 6.10. The van der Waals surface area contributed by atoms with E-state index in [9.17, 15) is 9.59 Å². The zero-order chi connectivity index (χ0) is 19.8. The minimum absolute atomic E-state index is 0.0463. The van der Waals surface area contributed by atoms with E-state index in [1.165, 1.54) is 50.8 Å². The molecule has 1 unspecified atom stereocenters.